The third-order valence-corrected chi connectivity index (χ3v) is 6.79. The van der Waals surface area contributed by atoms with Crippen molar-refractivity contribution >= 4 is 9.84 Å². The molecule has 0 bridgehead atoms. The zero-order valence-corrected chi connectivity index (χ0v) is 11.4. The largest absolute Gasteiger partial charge is 0.293 e. The van der Waals surface area contributed by atoms with Gasteiger partial charge in [-0.25, -0.2) is 8.42 Å². The van der Waals surface area contributed by atoms with Gasteiger partial charge < -0.3 is 0 Å². The maximum Gasteiger partial charge on any atom is 0.158 e. The molecule has 0 aromatic rings. The average molecular weight is 233 g/mol. The van der Waals surface area contributed by atoms with Crippen molar-refractivity contribution in [3.05, 3.63) is 0 Å². The van der Waals surface area contributed by atoms with Crippen LogP contribution in [0.5, 0.6) is 0 Å². The molecule has 0 aromatic carbocycles. The Labute approximate surface area is 93.8 Å². The van der Waals surface area contributed by atoms with Crippen molar-refractivity contribution in [2.75, 3.05) is 0 Å². The molecular formula is C11H23NO2S. The van der Waals surface area contributed by atoms with Crippen LogP contribution in [0.3, 0.4) is 0 Å². The predicted molar refractivity (Wildman–Crippen MR) is 63.7 cm³/mol. The van der Waals surface area contributed by atoms with E-state index in [9.17, 15) is 8.42 Å². The quantitative estimate of drug-likeness (QED) is 0.691. The maximum absolute atomic E-state index is 12.1. The third kappa shape index (κ3) is 1.94. The lowest BCUT2D eigenvalue weighted by molar-refractivity contribution is 0.0985. The molecule has 1 rings (SSSR count). The van der Waals surface area contributed by atoms with Crippen LogP contribution in [-0.4, -0.2) is 41.9 Å². The Bertz CT molecular complexity index is 301. The Kier molecular flexibility index (Phi) is 3.51. The molecule has 0 saturated carbocycles. The van der Waals surface area contributed by atoms with Crippen LogP contribution in [0.15, 0.2) is 0 Å². The summed E-state index contributed by atoms with van der Waals surface area (Å²) < 4.78 is 24.1. The molecule has 0 spiro atoms. The molecule has 4 atom stereocenters. The van der Waals surface area contributed by atoms with Crippen LogP contribution in [0.1, 0.15) is 41.5 Å². The number of hydrogen-bond acceptors (Lipinski definition) is 3. The molecule has 15 heavy (non-hydrogen) atoms. The zero-order valence-electron chi connectivity index (χ0n) is 10.6. The molecule has 3 nitrogen and oxygen atoms in total. The molecule has 1 aliphatic rings. The first-order chi connectivity index (χ1) is 6.71. The van der Waals surface area contributed by atoms with Crippen LogP contribution < -0.4 is 0 Å². The van der Waals surface area contributed by atoms with E-state index in [0.717, 1.165) is 0 Å². The molecule has 1 heterocycles. The van der Waals surface area contributed by atoms with E-state index in [1.165, 1.54) is 0 Å². The van der Waals surface area contributed by atoms with Gasteiger partial charge in [0.25, 0.3) is 0 Å². The molecule has 4 unspecified atom stereocenters. The van der Waals surface area contributed by atoms with Gasteiger partial charge in [-0.05, 0) is 41.5 Å². The van der Waals surface area contributed by atoms with E-state index >= 15 is 0 Å². The highest BCUT2D eigenvalue weighted by Crippen LogP contribution is 2.30. The lowest BCUT2D eigenvalue weighted by Crippen LogP contribution is -2.62. The molecular weight excluding hydrogens is 210 g/mol. The molecule has 1 fully saturated rings. The van der Waals surface area contributed by atoms with Crippen molar-refractivity contribution in [3.63, 3.8) is 0 Å². The van der Waals surface area contributed by atoms with Gasteiger partial charge in [-0.1, -0.05) is 0 Å². The van der Waals surface area contributed by atoms with Crippen molar-refractivity contribution in [2.45, 2.75) is 70.2 Å². The fourth-order valence-electron chi connectivity index (χ4n) is 2.68. The van der Waals surface area contributed by atoms with Gasteiger partial charge in [0, 0.05) is 18.1 Å². The van der Waals surface area contributed by atoms with Crippen molar-refractivity contribution in [3.8, 4) is 0 Å². The van der Waals surface area contributed by atoms with Gasteiger partial charge in [-0.15, -0.1) is 0 Å². The van der Waals surface area contributed by atoms with Crippen LogP contribution in [0.4, 0.5) is 0 Å². The topological polar surface area (TPSA) is 37.4 Å². The fraction of sp³-hybridized carbons (Fsp3) is 1.00. The summed E-state index contributed by atoms with van der Waals surface area (Å²) in [5.41, 5.74) is 0. The van der Waals surface area contributed by atoms with Gasteiger partial charge in [0.1, 0.15) is 0 Å². The van der Waals surface area contributed by atoms with Crippen LogP contribution >= 0.6 is 0 Å². The summed E-state index contributed by atoms with van der Waals surface area (Å²) in [5, 5.41) is -0.516. The van der Waals surface area contributed by atoms with Crippen LogP contribution in [0.25, 0.3) is 0 Å². The van der Waals surface area contributed by atoms with E-state index in [-0.39, 0.29) is 22.6 Å². The van der Waals surface area contributed by atoms with Crippen LogP contribution in [0, 0.1) is 0 Å². The summed E-state index contributed by atoms with van der Waals surface area (Å²) >= 11 is 0. The molecule has 0 aromatic heterocycles. The minimum absolute atomic E-state index is 0.112. The van der Waals surface area contributed by atoms with E-state index in [2.05, 4.69) is 18.7 Å². The first kappa shape index (κ1) is 13.0. The molecule has 90 valence electrons. The smallest absolute Gasteiger partial charge is 0.158 e. The van der Waals surface area contributed by atoms with Gasteiger partial charge in [-0.3, -0.25) is 4.90 Å². The van der Waals surface area contributed by atoms with Gasteiger partial charge in [0.15, 0.2) is 9.84 Å². The van der Waals surface area contributed by atoms with E-state index < -0.39 is 9.84 Å². The highest BCUT2D eigenvalue weighted by atomic mass is 32.2. The SMILES string of the molecule is CC(C)N1C(C)C(C)S(=O)(=O)C(C)C1C. The zero-order chi connectivity index (χ0) is 12.0. The lowest BCUT2D eigenvalue weighted by atomic mass is 10.1. The lowest BCUT2D eigenvalue weighted by Gasteiger charge is -2.47. The summed E-state index contributed by atoms with van der Waals surface area (Å²) in [7, 11) is -2.95. The minimum atomic E-state index is -2.95. The Morgan fingerprint density at radius 3 is 1.53 bits per heavy atom. The second-order valence-electron chi connectivity index (χ2n) is 5.02. The second-order valence-corrected chi connectivity index (χ2v) is 7.69. The van der Waals surface area contributed by atoms with Gasteiger partial charge in [0.2, 0.25) is 0 Å². The predicted octanol–water partition coefficient (Wildman–Crippen LogP) is 1.68. The molecule has 1 saturated heterocycles. The standard InChI is InChI=1S/C11H23NO2S/c1-7(2)12-8(3)10(5)15(13,14)11(6)9(12)4/h7-11H,1-6H3. The normalized spacial score (nSPS) is 42.1. The van der Waals surface area contributed by atoms with Crippen LogP contribution in [-0.2, 0) is 9.84 Å². The summed E-state index contributed by atoms with van der Waals surface area (Å²) in [6, 6.07) is 0.623. The second kappa shape index (κ2) is 4.06. The number of rotatable bonds is 1. The summed E-state index contributed by atoms with van der Waals surface area (Å²) in [5.74, 6) is 0. The summed E-state index contributed by atoms with van der Waals surface area (Å²) in [6.45, 7) is 12.0. The highest BCUT2D eigenvalue weighted by molar-refractivity contribution is 7.92. The molecule has 0 amide bonds. The summed E-state index contributed by atoms with van der Waals surface area (Å²) in [4.78, 5) is 2.32. The molecule has 0 aliphatic carbocycles. The van der Waals surface area contributed by atoms with Crippen molar-refractivity contribution in [2.24, 2.45) is 0 Å². The van der Waals surface area contributed by atoms with E-state index in [4.69, 9.17) is 0 Å². The van der Waals surface area contributed by atoms with Crippen molar-refractivity contribution in [1.29, 1.82) is 0 Å². The van der Waals surface area contributed by atoms with Gasteiger partial charge in [-0.2, -0.15) is 0 Å². The molecule has 0 N–H and O–H groups in total. The first-order valence-corrected chi connectivity index (χ1v) is 7.32. The Balaban J connectivity index is 3.11. The van der Waals surface area contributed by atoms with Crippen molar-refractivity contribution < 1.29 is 8.42 Å². The number of sulfone groups is 1. The summed E-state index contributed by atoms with van der Waals surface area (Å²) in [6.07, 6.45) is 0. The number of hydrogen-bond donors (Lipinski definition) is 0. The van der Waals surface area contributed by atoms with E-state index in [1.807, 2.05) is 27.7 Å². The van der Waals surface area contributed by atoms with Gasteiger partial charge in [0.05, 0.1) is 10.5 Å². The average Bonchev–Trinajstić information content (AvgIpc) is 2.12. The maximum atomic E-state index is 12.1. The minimum Gasteiger partial charge on any atom is -0.293 e. The number of nitrogens with zero attached hydrogens (tertiary/aromatic N) is 1. The monoisotopic (exact) mass is 233 g/mol. The molecule has 0 radical (unpaired) electrons. The van der Waals surface area contributed by atoms with Crippen LogP contribution in [0.2, 0.25) is 0 Å². The first-order valence-electron chi connectivity index (χ1n) is 5.71. The Morgan fingerprint density at radius 1 is 0.933 bits per heavy atom. The van der Waals surface area contributed by atoms with E-state index in [0.29, 0.717) is 6.04 Å². The molecule has 1 aliphatic heterocycles. The third-order valence-electron chi connectivity index (χ3n) is 3.93. The van der Waals surface area contributed by atoms with Crippen molar-refractivity contribution in [1.82, 2.24) is 4.90 Å². The Hall–Kier alpha value is -0.0900. The fourth-order valence-corrected chi connectivity index (χ4v) is 4.74. The Morgan fingerprint density at radius 2 is 1.27 bits per heavy atom. The highest BCUT2D eigenvalue weighted by Gasteiger charge is 2.45. The van der Waals surface area contributed by atoms with Gasteiger partial charge >= 0.3 is 0 Å². The molecule has 4 heteroatoms. The van der Waals surface area contributed by atoms with E-state index in [1.54, 1.807) is 0 Å².